The number of aliphatic hydroxyl groups excluding tert-OH is 1. The minimum absolute atomic E-state index is 0.00723. The molecular formula is C22H46NO7P. The number of ether oxygens (including phenoxy) is 1. The van der Waals surface area contributed by atoms with Crippen LogP contribution in [0.4, 0.5) is 0 Å². The average molecular weight is 468 g/mol. The lowest BCUT2D eigenvalue weighted by molar-refractivity contribution is -0.870. The summed E-state index contributed by atoms with van der Waals surface area (Å²) in [5.41, 5.74) is 0. The molecule has 0 aromatic heterocycles. The molecule has 0 aliphatic rings. The van der Waals surface area contributed by atoms with Crippen LogP contribution in [0.5, 0.6) is 0 Å². The Labute approximate surface area is 189 Å². The molecule has 0 amide bonds. The van der Waals surface area contributed by atoms with Gasteiger partial charge >= 0.3 is 5.97 Å². The smallest absolute Gasteiger partial charge is 0.306 e. The lowest BCUT2D eigenvalue weighted by atomic mass is 10.1. The third-order valence-electron chi connectivity index (χ3n) is 4.92. The quantitative estimate of drug-likeness (QED) is 0.118. The van der Waals surface area contributed by atoms with Gasteiger partial charge < -0.3 is 28.3 Å². The normalized spacial score (nSPS) is 14.9. The Bertz CT molecular complexity index is 497. The second-order valence-corrected chi connectivity index (χ2v) is 10.6. The zero-order chi connectivity index (χ0) is 23.6. The molecule has 1 N–H and O–H groups in total. The predicted molar refractivity (Wildman–Crippen MR) is 120 cm³/mol. The van der Waals surface area contributed by atoms with Gasteiger partial charge in [0.05, 0.1) is 34.4 Å². The summed E-state index contributed by atoms with van der Waals surface area (Å²) in [6.45, 7) is 1.75. The van der Waals surface area contributed by atoms with Crippen molar-refractivity contribution in [3.63, 3.8) is 0 Å². The topological polar surface area (TPSA) is 105 Å². The van der Waals surface area contributed by atoms with Gasteiger partial charge in [-0.15, -0.1) is 0 Å². The highest BCUT2D eigenvalue weighted by Gasteiger charge is 2.19. The van der Waals surface area contributed by atoms with Crippen LogP contribution in [0.3, 0.4) is 0 Å². The molecular weight excluding hydrogens is 421 g/mol. The zero-order valence-electron chi connectivity index (χ0n) is 20.2. The summed E-state index contributed by atoms with van der Waals surface area (Å²) in [6, 6.07) is 0. The number of carbonyl (C=O) groups is 1. The van der Waals surface area contributed by atoms with Gasteiger partial charge in [0.1, 0.15) is 19.3 Å². The molecule has 0 spiro atoms. The second kappa shape index (κ2) is 18.0. The van der Waals surface area contributed by atoms with Crippen LogP contribution in [-0.4, -0.2) is 69.2 Å². The van der Waals surface area contributed by atoms with Gasteiger partial charge in [0.15, 0.2) is 0 Å². The summed E-state index contributed by atoms with van der Waals surface area (Å²) in [5.74, 6) is -0.453. The first-order chi connectivity index (χ1) is 14.6. The minimum atomic E-state index is -4.50. The van der Waals surface area contributed by atoms with Crippen LogP contribution in [0.2, 0.25) is 0 Å². The first-order valence-corrected chi connectivity index (χ1v) is 13.3. The van der Waals surface area contributed by atoms with E-state index in [4.69, 9.17) is 13.8 Å². The van der Waals surface area contributed by atoms with Crippen LogP contribution < -0.4 is 4.89 Å². The molecule has 0 heterocycles. The van der Waals surface area contributed by atoms with E-state index in [1.807, 2.05) is 21.1 Å². The van der Waals surface area contributed by atoms with Crippen molar-refractivity contribution in [1.82, 2.24) is 0 Å². The fourth-order valence-electron chi connectivity index (χ4n) is 2.94. The van der Waals surface area contributed by atoms with Crippen molar-refractivity contribution in [2.75, 3.05) is 47.5 Å². The molecule has 31 heavy (non-hydrogen) atoms. The number of hydrogen-bond acceptors (Lipinski definition) is 7. The Kier molecular flexibility index (Phi) is 17.7. The lowest BCUT2D eigenvalue weighted by Gasteiger charge is -2.28. The van der Waals surface area contributed by atoms with Crippen LogP contribution in [0.15, 0.2) is 0 Å². The van der Waals surface area contributed by atoms with E-state index in [-0.39, 0.29) is 13.0 Å². The predicted octanol–water partition coefficient (Wildman–Crippen LogP) is 3.80. The standard InChI is InChI=1S/C22H46NO7P/c1-5-6-7-8-9-10-11-12-13-14-15-16-22(25)30-21(19-24)20-29-31(26,27)28-18-17-23(2,3)4/h21,24H,5-20H2,1-4H3. The number of phosphoric ester groups is 1. The molecule has 2 unspecified atom stereocenters. The van der Waals surface area contributed by atoms with E-state index in [9.17, 15) is 19.4 Å². The molecule has 0 bridgehead atoms. The molecule has 0 radical (unpaired) electrons. The number of phosphoric acid groups is 1. The molecule has 0 saturated heterocycles. The molecule has 2 atom stereocenters. The molecule has 0 aliphatic carbocycles. The molecule has 8 nitrogen and oxygen atoms in total. The fraction of sp³-hybridized carbons (Fsp3) is 0.955. The second-order valence-electron chi connectivity index (χ2n) is 9.17. The molecule has 0 aromatic carbocycles. The number of rotatable bonds is 21. The highest BCUT2D eigenvalue weighted by Crippen LogP contribution is 2.38. The van der Waals surface area contributed by atoms with Crippen molar-refractivity contribution in [3.8, 4) is 0 Å². The van der Waals surface area contributed by atoms with Crippen LogP contribution in [0, 0.1) is 0 Å². The van der Waals surface area contributed by atoms with Crippen LogP contribution in [0.1, 0.15) is 84.0 Å². The maximum atomic E-state index is 11.9. The highest BCUT2D eigenvalue weighted by molar-refractivity contribution is 7.45. The number of aliphatic hydroxyl groups is 1. The molecule has 9 heteroatoms. The van der Waals surface area contributed by atoms with Crippen molar-refractivity contribution in [3.05, 3.63) is 0 Å². The van der Waals surface area contributed by atoms with Crippen molar-refractivity contribution in [2.24, 2.45) is 0 Å². The zero-order valence-corrected chi connectivity index (χ0v) is 21.1. The van der Waals surface area contributed by atoms with E-state index in [0.717, 1.165) is 19.3 Å². The lowest BCUT2D eigenvalue weighted by Crippen LogP contribution is -2.37. The van der Waals surface area contributed by atoms with Gasteiger partial charge in [-0.3, -0.25) is 9.36 Å². The van der Waals surface area contributed by atoms with Crippen LogP contribution >= 0.6 is 7.82 Å². The highest BCUT2D eigenvalue weighted by atomic mass is 31.2. The fourth-order valence-corrected chi connectivity index (χ4v) is 3.67. The van der Waals surface area contributed by atoms with Gasteiger partial charge in [-0.05, 0) is 6.42 Å². The van der Waals surface area contributed by atoms with E-state index in [0.29, 0.717) is 11.0 Å². The van der Waals surface area contributed by atoms with E-state index in [2.05, 4.69) is 6.92 Å². The number of quaternary nitrogens is 1. The third kappa shape index (κ3) is 21.1. The third-order valence-corrected chi connectivity index (χ3v) is 5.88. The van der Waals surface area contributed by atoms with E-state index in [1.165, 1.54) is 51.4 Å². The number of nitrogens with zero attached hydrogens (tertiary/aromatic N) is 1. The van der Waals surface area contributed by atoms with Crippen molar-refractivity contribution < 1.29 is 37.6 Å². The van der Waals surface area contributed by atoms with E-state index < -0.39 is 33.1 Å². The van der Waals surface area contributed by atoms with Gasteiger partial charge in [-0.1, -0.05) is 71.1 Å². The minimum Gasteiger partial charge on any atom is -0.756 e. The Morgan fingerprint density at radius 1 is 0.935 bits per heavy atom. The maximum Gasteiger partial charge on any atom is 0.306 e. The number of hydrogen-bond donors (Lipinski definition) is 1. The molecule has 186 valence electrons. The van der Waals surface area contributed by atoms with Crippen molar-refractivity contribution >= 4 is 13.8 Å². The summed E-state index contributed by atoms with van der Waals surface area (Å²) >= 11 is 0. The first-order valence-electron chi connectivity index (χ1n) is 11.8. The number of unbranched alkanes of at least 4 members (excludes halogenated alkanes) is 10. The van der Waals surface area contributed by atoms with E-state index in [1.54, 1.807) is 0 Å². The average Bonchev–Trinajstić information content (AvgIpc) is 2.68. The van der Waals surface area contributed by atoms with Crippen molar-refractivity contribution in [2.45, 2.75) is 90.1 Å². The SMILES string of the molecule is CCCCCCCCCCCCCC(=O)OC(CO)COP(=O)([O-])OCC[N+](C)(C)C. The summed E-state index contributed by atoms with van der Waals surface area (Å²) in [7, 11) is 1.24. The Hall–Kier alpha value is -0.500. The van der Waals surface area contributed by atoms with Gasteiger partial charge in [-0.25, -0.2) is 0 Å². The number of esters is 1. The Morgan fingerprint density at radius 2 is 1.45 bits per heavy atom. The molecule has 0 aliphatic heterocycles. The summed E-state index contributed by atoms with van der Waals surface area (Å²) in [6.07, 6.45) is 12.3. The van der Waals surface area contributed by atoms with Gasteiger partial charge in [-0.2, -0.15) is 0 Å². The van der Waals surface area contributed by atoms with Crippen LogP contribution in [0.25, 0.3) is 0 Å². The summed E-state index contributed by atoms with van der Waals surface area (Å²) < 4.78 is 27.0. The number of carbonyl (C=O) groups excluding carboxylic acids is 1. The monoisotopic (exact) mass is 467 g/mol. The van der Waals surface area contributed by atoms with Gasteiger partial charge in [0, 0.05) is 6.42 Å². The molecule has 0 saturated carbocycles. The molecule has 0 aromatic rings. The van der Waals surface area contributed by atoms with E-state index >= 15 is 0 Å². The number of likely N-dealkylation sites (N-methyl/N-ethyl adjacent to an activating group) is 1. The Morgan fingerprint density at radius 3 is 1.94 bits per heavy atom. The van der Waals surface area contributed by atoms with Crippen molar-refractivity contribution in [1.29, 1.82) is 0 Å². The van der Waals surface area contributed by atoms with Gasteiger partial charge in [0.25, 0.3) is 7.82 Å². The first kappa shape index (κ1) is 30.5. The largest absolute Gasteiger partial charge is 0.756 e. The molecule has 0 rings (SSSR count). The summed E-state index contributed by atoms with van der Waals surface area (Å²) in [4.78, 5) is 23.7. The summed E-state index contributed by atoms with van der Waals surface area (Å²) in [5, 5.41) is 9.32. The van der Waals surface area contributed by atoms with Crippen LogP contribution in [-0.2, 0) is 23.1 Å². The molecule has 0 fully saturated rings. The Balaban J connectivity index is 3.81. The maximum absolute atomic E-state index is 11.9. The van der Waals surface area contributed by atoms with Gasteiger partial charge in [0.2, 0.25) is 0 Å².